The molecule has 0 saturated carbocycles. The number of hydrogen-bond donors (Lipinski definition) is 0. The molecule has 0 N–H and O–H groups in total. The fraction of sp³-hybridized carbons (Fsp3) is 0.200. The Morgan fingerprint density at radius 3 is 3.50 bits per heavy atom. The van der Waals surface area contributed by atoms with Crippen LogP contribution in [0.15, 0.2) is 16.5 Å². The summed E-state index contributed by atoms with van der Waals surface area (Å²) in [6.07, 6.45) is 4.29. The molecule has 2 nitrogen and oxygen atoms in total. The fourth-order valence-corrected chi connectivity index (χ4v) is 0.840. The van der Waals surface area contributed by atoms with Gasteiger partial charge in [0.05, 0.1) is 0 Å². The predicted octanol–water partition coefficient (Wildman–Crippen LogP) is 1.83. The van der Waals surface area contributed by atoms with Crippen molar-refractivity contribution < 1.29 is 4.79 Å². The Bertz CT molecular complexity index is 151. The third-order valence-corrected chi connectivity index (χ3v) is 1.34. The summed E-state index contributed by atoms with van der Waals surface area (Å²) in [7, 11) is 0. The van der Waals surface area contributed by atoms with E-state index in [1.165, 1.54) is 0 Å². The van der Waals surface area contributed by atoms with Crippen LogP contribution in [0.3, 0.4) is 0 Å². The van der Waals surface area contributed by atoms with Gasteiger partial charge in [0.1, 0.15) is 0 Å². The zero-order chi connectivity index (χ0) is 5.82. The number of aliphatic imine (C=N–C) groups is 1. The van der Waals surface area contributed by atoms with Gasteiger partial charge in [-0.1, -0.05) is 6.08 Å². The summed E-state index contributed by atoms with van der Waals surface area (Å²) in [4.78, 5) is 14.0. The molecular formula is C5H5NOS. The molecule has 0 aliphatic carbocycles. The maximum atomic E-state index is 10.4. The molecule has 1 rings (SSSR count). The highest BCUT2D eigenvalue weighted by Crippen LogP contribution is 2.08. The molecule has 0 fully saturated rings. The van der Waals surface area contributed by atoms with Crippen molar-refractivity contribution in [1.82, 2.24) is 0 Å². The summed E-state index contributed by atoms with van der Waals surface area (Å²) in [6, 6.07) is 0. The fourth-order valence-electron chi connectivity index (χ4n) is 0.380. The molecule has 0 radical (unpaired) electrons. The summed E-state index contributed by atoms with van der Waals surface area (Å²) < 4.78 is 0. The van der Waals surface area contributed by atoms with Crippen molar-refractivity contribution in [3.8, 4) is 0 Å². The first kappa shape index (κ1) is 5.56. The lowest BCUT2D eigenvalue weighted by Crippen LogP contribution is -1.75. The van der Waals surface area contributed by atoms with Crippen molar-refractivity contribution in [1.29, 1.82) is 0 Å². The molecule has 0 aromatic rings. The van der Waals surface area contributed by atoms with Crippen LogP contribution in [0.2, 0.25) is 0 Å². The average Bonchev–Trinajstić information content (AvgIpc) is 1.94. The summed E-state index contributed by atoms with van der Waals surface area (Å²) in [5.41, 5.74) is 0. The van der Waals surface area contributed by atoms with Gasteiger partial charge in [-0.25, -0.2) is 4.99 Å². The van der Waals surface area contributed by atoms with E-state index in [0.717, 1.165) is 18.2 Å². The minimum Gasteiger partial charge on any atom is -0.259 e. The monoisotopic (exact) mass is 127 g/mol. The topological polar surface area (TPSA) is 29.4 Å². The van der Waals surface area contributed by atoms with E-state index in [1.54, 1.807) is 11.6 Å². The van der Waals surface area contributed by atoms with Crippen LogP contribution in [-0.4, -0.2) is 11.5 Å². The van der Waals surface area contributed by atoms with Crippen molar-refractivity contribution in [2.24, 2.45) is 4.99 Å². The molecule has 0 atom stereocenters. The first-order chi connectivity index (χ1) is 3.89. The number of carbonyl (C=O) groups is 1. The molecule has 8 heavy (non-hydrogen) atoms. The first-order valence-corrected chi connectivity index (χ1v) is 3.16. The number of thioether (sulfide) groups is 1. The van der Waals surface area contributed by atoms with E-state index in [9.17, 15) is 4.79 Å². The Balaban J connectivity index is 2.61. The van der Waals surface area contributed by atoms with E-state index in [1.807, 2.05) is 6.08 Å². The van der Waals surface area contributed by atoms with Gasteiger partial charge in [-0.15, -0.1) is 0 Å². The Hall–Kier alpha value is -0.570. The average molecular weight is 127 g/mol. The molecule has 3 heteroatoms. The summed E-state index contributed by atoms with van der Waals surface area (Å²) in [5.74, 6) is 0. The van der Waals surface area contributed by atoms with Gasteiger partial charge < -0.3 is 0 Å². The predicted molar refractivity (Wildman–Crippen MR) is 35.2 cm³/mol. The maximum absolute atomic E-state index is 10.4. The van der Waals surface area contributed by atoms with Crippen LogP contribution in [0.4, 0.5) is 4.79 Å². The molecule has 42 valence electrons. The van der Waals surface area contributed by atoms with Crippen molar-refractivity contribution >= 4 is 23.2 Å². The molecule has 0 unspecified atom stereocenters. The number of hydrogen-bond acceptors (Lipinski definition) is 2. The molecule has 0 aromatic heterocycles. The SMILES string of the molecule is O=C1N=CCC=CS1. The standard InChI is InChI=1S/C5H5NOS/c7-5-6-3-1-2-4-8-5/h2-4H,1H2. The third-order valence-electron chi connectivity index (χ3n) is 0.703. The highest BCUT2D eigenvalue weighted by Gasteiger charge is 1.94. The van der Waals surface area contributed by atoms with Gasteiger partial charge in [-0.05, 0) is 17.2 Å². The van der Waals surface area contributed by atoms with Gasteiger partial charge in [-0.3, -0.25) is 4.79 Å². The summed E-state index contributed by atoms with van der Waals surface area (Å²) in [6.45, 7) is 0. The van der Waals surface area contributed by atoms with Crippen LogP contribution in [-0.2, 0) is 0 Å². The Labute approximate surface area is 51.7 Å². The molecule has 0 bridgehead atoms. The van der Waals surface area contributed by atoms with Gasteiger partial charge in [0.2, 0.25) is 0 Å². The van der Waals surface area contributed by atoms with Crippen molar-refractivity contribution in [3.05, 3.63) is 11.5 Å². The van der Waals surface area contributed by atoms with E-state index in [2.05, 4.69) is 4.99 Å². The molecule has 0 spiro atoms. The van der Waals surface area contributed by atoms with Crippen LogP contribution in [0, 0.1) is 0 Å². The molecule has 1 amide bonds. The minimum absolute atomic E-state index is 0.126. The lowest BCUT2D eigenvalue weighted by atomic mass is 10.5. The normalized spacial score (nSPS) is 18.8. The number of amides is 1. The third kappa shape index (κ3) is 1.50. The van der Waals surface area contributed by atoms with E-state index in [4.69, 9.17) is 0 Å². The Morgan fingerprint density at radius 2 is 2.62 bits per heavy atom. The van der Waals surface area contributed by atoms with Crippen LogP contribution in [0.1, 0.15) is 6.42 Å². The molecule has 0 saturated heterocycles. The van der Waals surface area contributed by atoms with E-state index in [-0.39, 0.29) is 5.24 Å². The highest BCUT2D eigenvalue weighted by atomic mass is 32.2. The van der Waals surface area contributed by atoms with Gasteiger partial charge in [0, 0.05) is 12.6 Å². The van der Waals surface area contributed by atoms with Crippen LogP contribution >= 0.6 is 11.8 Å². The molecular weight excluding hydrogens is 122 g/mol. The van der Waals surface area contributed by atoms with Crippen LogP contribution < -0.4 is 0 Å². The lowest BCUT2D eigenvalue weighted by Gasteiger charge is -1.77. The van der Waals surface area contributed by atoms with Crippen molar-refractivity contribution in [2.45, 2.75) is 6.42 Å². The number of rotatable bonds is 0. The van der Waals surface area contributed by atoms with E-state index in [0.29, 0.717) is 0 Å². The second-order valence-electron chi connectivity index (χ2n) is 1.30. The quantitative estimate of drug-likeness (QED) is 0.496. The number of allylic oxidation sites excluding steroid dienone is 1. The summed E-state index contributed by atoms with van der Waals surface area (Å²) >= 11 is 1.12. The van der Waals surface area contributed by atoms with Gasteiger partial charge >= 0.3 is 5.24 Å². The second kappa shape index (κ2) is 2.67. The Kier molecular flexibility index (Phi) is 1.86. The molecule has 1 aliphatic heterocycles. The zero-order valence-corrected chi connectivity index (χ0v) is 5.02. The van der Waals surface area contributed by atoms with Crippen molar-refractivity contribution in [2.75, 3.05) is 0 Å². The molecule has 1 aliphatic rings. The largest absolute Gasteiger partial charge is 0.308 e. The molecule has 1 heterocycles. The zero-order valence-electron chi connectivity index (χ0n) is 4.20. The van der Waals surface area contributed by atoms with Gasteiger partial charge in [0.15, 0.2) is 0 Å². The first-order valence-electron chi connectivity index (χ1n) is 2.28. The van der Waals surface area contributed by atoms with Crippen LogP contribution in [0.5, 0.6) is 0 Å². The lowest BCUT2D eigenvalue weighted by molar-refractivity contribution is 0.267. The van der Waals surface area contributed by atoms with E-state index < -0.39 is 0 Å². The maximum Gasteiger partial charge on any atom is 0.308 e. The highest BCUT2D eigenvalue weighted by molar-refractivity contribution is 8.16. The number of nitrogens with zero attached hydrogens (tertiary/aromatic N) is 1. The molecule has 0 aromatic carbocycles. The minimum atomic E-state index is -0.126. The van der Waals surface area contributed by atoms with Gasteiger partial charge in [-0.2, -0.15) is 0 Å². The van der Waals surface area contributed by atoms with Crippen molar-refractivity contribution in [3.63, 3.8) is 0 Å². The number of carbonyl (C=O) groups excluding carboxylic acids is 1. The van der Waals surface area contributed by atoms with Gasteiger partial charge in [0.25, 0.3) is 0 Å². The smallest absolute Gasteiger partial charge is 0.259 e. The summed E-state index contributed by atoms with van der Waals surface area (Å²) in [5, 5.41) is 1.63. The Morgan fingerprint density at radius 1 is 1.75 bits per heavy atom. The second-order valence-corrected chi connectivity index (χ2v) is 2.16. The van der Waals surface area contributed by atoms with E-state index >= 15 is 0 Å². The van der Waals surface area contributed by atoms with Crippen LogP contribution in [0.25, 0.3) is 0 Å².